The normalized spacial score (nSPS) is 17.0. The van der Waals surface area contributed by atoms with Crippen LogP contribution in [0.2, 0.25) is 0 Å². The predicted octanol–water partition coefficient (Wildman–Crippen LogP) is 4.01. The highest BCUT2D eigenvalue weighted by Crippen LogP contribution is 2.34. The first-order valence-electron chi connectivity index (χ1n) is 8.48. The van der Waals surface area contributed by atoms with Gasteiger partial charge in [-0.15, -0.1) is 0 Å². The van der Waals surface area contributed by atoms with Crippen molar-refractivity contribution in [1.29, 1.82) is 0 Å². The number of nitrogens with one attached hydrogen (secondary N) is 1. The SMILES string of the molecule is O=S(=O)(c1ccc(F)cc1F)N1CCC(c2c[nH]c3ccccc23)CC1. The molecule has 0 atom stereocenters. The van der Waals surface area contributed by atoms with Gasteiger partial charge in [0.2, 0.25) is 10.0 Å². The van der Waals surface area contributed by atoms with E-state index in [2.05, 4.69) is 11.1 Å². The van der Waals surface area contributed by atoms with Gasteiger partial charge in [-0.05, 0) is 42.5 Å². The van der Waals surface area contributed by atoms with Gasteiger partial charge in [-0.1, -0.05) is 18.2 Å². The Morgan fingerprint density at radius 3 is 2.50 bits per heavy atom. The smallest absolute Gasteiger partial charge is 0.245 e. The monoisotopic (exact) mass is 376 g/mol. The van der Waals surface area contributed by atoms with Crippen molar-refractivity contribution < 1.29 is 17.2 Å². The Morgan fingerprint density at radius 2 is 1.77 bits per heavy atom. The molecule has 0 bridgehead atoms. The molecule has 2 aromatic carbocycles. The third kappa shape index (κ3) is 2.91. The molecule has 7 heteroatoms. The number of aromatic nitrogens is 1. The van der Waals surface area contributed by atoms with Crippen LogP contribution in [0, 0.1) is 11.6 Å². The van der Waals surface area contributed by atoms with E-state index in [-0.39, 0.29) is 5.92 Å². The Morgan fingerprint density at radius 1 is 1.04 bits per heavy atom. The van der Waals surface area contributed by atoms with Crippen molar-refractivity contribution in [3.05, 3.63) is 65.9 Å². The number of sulfonamides is 1. The predicted molar refractivity (Wildman–Crippen MR) is 95.4 cm³/mol. The molecule has 2 heterocycles. The maximum Gasteiger partial charge on any atom is 0.245 e. The zero-order chi connectivity index (χ0) is 18.3. The first-order chi connectivity index (χ1) is 12.5. The van der Waals surface area contributed by atoms with Gasteiger partial charge in [0.05, 0.1) is 0 Å². The molecule has 1 aliphatic heterocycles. The fourth-order valence-corrected chi connectivity index (χ4v) is 5.18. The molecule has 1 N–H and O–H groups in total. The summed E-state index contributed by atoms with van der Waals surface area (Å²) >= 11 is 0. The lowest BCUT2D eigenvalue weighted by Crippen LogP contribution is -2.38. The van der Waals surface area contributed by atoms with E-state index in [0.717, 1.165) is 23.0 Å². The lowest BCUT2D eigenvalue weighted by molar-refractivity contribution is 0.319. The maximum atomic E-state index is 13.9. The average molecular weight is 376 g/mol. The summed E-state index contributed by atoms with van der Waals surface area (Å²) in [6.45, 7) is 0.618. The van der Waals surface area contributed by atoms with Crippen LogP contribution in [0.4, 0.5) is 8.78 Å². The van der Waals surface area contributed by atoms with E-state index in [9.17, 15) is 17.2 Å². The Hall–Kier alpha value is -2.25. The van der Waals surface area contributed by atoms with Crippen LogP contribution in [0.15, 0.2) is 53.6 Å². The molecule has 4 nitrogen and oxygen atoms in total. The number of benzene rings is 2. The molecule has 0 aliphatic carbocycles. The number of hydrogen-bond acceptors (Lipinski definition) is 2. The Kier molecular flexibility index (Phi) is 4.28. The second-order valence-electron chi connectivity index (χ2n) is 6.54. The van der Waals surface area contributed by atoms with E-state index >= 15 is 0 Å². The summed E-state index contributed by atoms with van der Waals surface area (Å²) in [5.74, 6) is -1.60. The van der Waals surface area contributed by atoms with Gasteiger partial charge in [0, 0.05) is 36.3 Å². The molecule has 1 saturated heterocycles. The van der Waals surface area contributed by atoms with Crippen LogP contribution in [0.1, 0.15) is 24.3 Å². The van der Waals surface area contributed by atoms with Gasteiger partial charge in [0.15, 0.2) is 0 Å². The van der Waals surface area contributed by atoms with E-state index in [4.69, 9.17) is 0 Å². The number of rotatable bonds is 3. The summed E-state index contributed by atoms with van der Waals surface area (Å²) in [5, 5.41) is 1.15. The zero-order valence-corrected chi connectivity index (χ0v) is 14.8. The van der Waals surface area contributed by atoms with Crippen molar-refractivity contribution in [2.45, 2.75) is 23.7 Å². The van der Waals surface area contributed by atoms with Crippen molar-refractivity contribution in [3.63, 3.8) is 0 Å². The van der Waals surface area contributed by atoms with E-state index in [0.29, 0.717) is 32.0 Å². The van der Waals surface area contributed by atoms with Gasteiger partial charge < -0.3 is 4.98 Å². The summed E-state index contributed by atoms with van der Waals surface area (Å²) < 4.78 is 53.6. The van der Waals surface area contributed by atoms with Gasteiger partial charge in [-0.3, -0.25) is 0 Å². The van der Waals surface area contributed by atoms with Crippen LogP contribution in [-0.4, -0.2) is 30.8 Å². The molecule has 0 radical (unpaired) electrons. The number of fused-ring (bicyclic) bond motifs is 1. The van der Waals surface area contributed by atoms with Crippen molar-refractivity contribution >= 4 is 20.9 Å². The fourth-order valence-electron chi connectivity index (χ4n) is 3.66. The summed E-state index contributed by atoms with van der Waals surface area (Å²) in [6.07, 6.45) is 3.30. The summed E-state index contributed by atoms with van der Waals surface area (Å²) in [4.78, 5) is 2.78. The van der Waals surface area contributed by atoms with Crippen LogP contribution in [0.25, 0.3) is 10.9 Å². The van der Waals surface area contributed by atoms with E-state index in [1.165, 1.54) is 9.87 Å². The number of halogens is 2. The first-order valence-corrected chi connectivity index (χ1v) is 9.92. The highest BCUT2D eigenvalue weighted by Gasteiger charge is 2.32. The highest BCUT2D eigenvalue weighted by molar-refractivity contribution is 7.89. The quantitative estimate of drug-likeness (QED) is 0.751. The molecule has 3 aromatic rings. The number of H-pyrrole nitrogens is 1. The van der Waals surface area contributed by atoms with Crippen LogP contribution < -0.4 is 0 Å². The summed E-state index contributed by atoms with van der Waals surface area (Å²) in [5.41, 5.74) is 2.25. The number of para-hydroxylation sites is 1. The number of hydrogen-bond donors (Lipinski definition) is 1. The Balaban J connectivity index is 1.54. The first kappa shape index (κ1) is 17.2. The van der Waals surface area contributed by atoms with E-state index in [1.807, 2.05) is 24.4 Å². The molecule has 26 heavy (non-hydrogen) atoms. The minimum Gasteiger partial charge on any atom is -0.361 e. The lowest BCUT2D eigenvalue weighted by Gasteiger charge is -2.31. The number of aromatic amines is 1. The lowest BCUT2D eigenvalue weighted by atomic mass is 9.90. The molecule has 4 rings (SSSR count). The summed E-state index contributed by atoms with van der Waals surface area (Å²) in [6, 6.07) is 10.6. The third-order valence-electron chi connectivity index (χ3n) is 5.03. The molecule has 0 amide bonds. The second-order valence-corrected chi connectivity index (χ2v) is 8.45. The average Bonchev–Trinajstić information content (AvgIpc) is 3.05. The molecule has 0 spiro atoms. The van der Waals surface area contributed by atoms with E-state index < -0.39 is 26.6 Å². The number of nitrogens with zero attached hydrogens (tertiary/aromatic N) is 1. The van der Waals surface area contributed by atoms with Crippen LogP contribution in [-0.2, 0) is 10.0 Å². The van der Waals surface area contributed by atoms with Crippen molar-refractivity contribution in [2.75, 3.05) is 13.1 Å². The van der Waals surface area contributed by atoms with Gasteiger partial charge in [-0.2, -0.15) is 4.31 Å². The molecule has 0 saturated carbocycles. The van der Waals surface area contributed by atoms with Crippen LogP contribution in [0.5, 0.6) is 0 Å². The summed E-state index contributed by atoms with van der Waals surface area (Å²) in [7, 11) is -3.96. The van der Waals surface area contributed by atoms with Crippen molar-refractivity contribution in [1.82, 2.24) is 9.29 Å². The molecular weight excluding hydrogens is 358 g/mol. The minimum atomic E-state index is -3.96. The molecule has 1 aromatic heterocycles. The largest absolute Gasteiger partial charge is 0.361 e. The molecule has 1 fully saturated rings. The van der Waals surface area contributed by atoms with Crippen LogP contribution in [0.3, 0.4) is 0 Å². The van der Waals surface area contributed by atoms with Gasteiger partial charge >= 0.3 is 0 Å². The third-order valence-corrected chi connectivity index (χ3v) is 6.96. The fraction of sp³-hybridized carbons (Fsp3) is 0.263. The number of piperidine rings is 1. The molecular formula is C19H18F2N2O2S. The Labute approximate surface area is 150 Å². The Bertz CT molecular complexity index is 1050. The second kappa shape index (κ2) is 6.48. The highest BCUT2D eigenvalue weighted by atomic mass is 32.2. The minimum absolute atomic E-state index is 0.246. The van der Waals surface area contributed by atoms with Gasteiger partial charge in [0.25, 0.3) is 0 Å². The van der Waals surface area contributed by atoms with E-state index in [1.54, 1.807) is 0 Å². The maximum absolute atomic E-state index is 13.9. The van der Waals surface area contributed by atoms with Crippen LogP contribution >= 0.6 is 0 Å². The topological polar surface area (TPSA) is 53.2 Å². The molecule has 0 unspecified atom stereocenters. The van der Waals surface area contributed by atoms with Crippen molar-refractivity contribution in [2.24, 2.45) is 0 Å². The van der Waals surface area contributed by atoms with Crippen molar-refractivity contribution in [3.8, 4) is 0 Å². The zero-order valence-electron chi connectivity index (χ0n) is 14.0. The molecule has 136 valence electrons. The van der Waals surface area contributed by atoms with Gasteiger partial charge in [-0.25, -0.2) is 17.2 Å². The van der Waals surface area contributed by atoms with Gasteiger partial charge in [0.1, 0.15) is 16.5 Å². The molecule has 1 aliphatic rings. The standard InChI is InChI=1S/C19H18F2N2O2S/c20-14-5-6-19(17(21)11-14)26(24,25)23-9-7-13(8-10-23)16-12-22-18-4-2-1-3-15(16)18/h1-6,11-13,22H,7-10H2.